The molecule has 1 saturated carbocycles. The van der Waals surface area contributed by atoms with Crippen LogP contribution in [0.5, 0.6) is 0 Å². The van der Waals surface area contributed by atoms with Crippen molar-refractivity contribution in [2.45, 2.75) is 44.9 Å². The Bertz CT molecular complexity index is 130. The third-order valence-electron chi connectivity index (χ3n) is 2.49. The molecule has 0 bridgehead atoms. The molecule has 0 radical (unpaired) electrons. The third-order valence-corrected chi connectivity index (χ3v) is 2.49. The molecule has 0 aromatic rings. The van der Waals surface area contributed by atoms with Gasteiger partial charge >= 0.3 is 35.5 Å². The van der Waals surface area contributed by atoms with E-state index in [4.69, 9.17) is 5.11 Å². The zero-order chi connectivity index (χ0) is 8.10. The number of hydrogen-bond donors (Lipinski definition) is 1. The first kappa shape index (κ1) is 12.5. The van der Waals surface area contributed by atoms with Gasteiger partial charge in [0, 0.05) is 6.42 Å². The van der Waals surface area contributed by atoms with Crippen molar-refractivity contribution in [2.24, 2.45) is 5.92 Å². The average molecular weight is 180 g/mol. The van der Waals surface area contributed by atoms with E-state index in [1.54, 1.807) is 0 Å². The molecule has 0 aliphatic heterocycles. The van der Waals surface area contributed by atoms with Gasteiger partial charge in [0.1, 0.15) is 0 Å². The van der Waals surface area contributed by atoms with Gasteiger partial charge in [-0.25, -0.2) is 0 Å². The van der Waals surface area contributed by atoms with Crippen LogP contribution in [0.15, 0.2) is 0 Å². The second-order valence-corrected chi connectivity index (χ2v) is 3.44. The summed E-state index contributed by atoms with van der Waals surface area (Å²) in [5, 5.41) is 8.44. The van der Waals surface area contributed by atoms with Crippen LogP contribution in [0.1, 0.15) is 44.9 Å². The van der Waals surface area contributed by atoms with Gasteiger partial charge in [-0.15, -0.1) is 0 Å². The first-order chi connectivity index (χ1) is 5.29. The van der Waals surface area contributed by atoms with Crippen LogP contribution < -0.4 is 0 Å². The van der Waals surface area contributed by atoms with Crippen molar-refractivity contribution < 1.29 is 9.90 Å². The fourth-order valence-corrected chi connectivity index (χ4v) is 1.80. The number of carboxylic acids is 1. The van der Waals surface area contributed by atoms with Crippen molar-refractivity contribution in [2.75, 3.05) is 0 Å². The molecule has 12 heavy (non-hydrogen) atoms. The first-order valence-electron chi connectivity index (χ1n) is 4.51. The minimum absolute atomic E-state index is 0. The Kier molecular flexibility index (Phi) is 7.20. The number of rotatable bonds is 3. The van der Waals surface area contributed by atoms with Gasteiger partial charge in [0.15, 0.2) is 0 Å². The first-order valence-corrected chi connectivity index (χ1v) is 4.51. The molecule has 3 heteroatoms. The van der Waals surface area contributed by atoms with Crippen LogP contribution in [0.4, 0.5) is 0 Å². The SMILES string of the molecule is O=C(O)CCC1CCCCC1.[NaH]. The maximum absolute atomic E-state index is 10.2. The monoisotopic (exact) mass is 180 g/mol. The number of hydrogen-bond acceptors (Lipinski definition) is 1. The summed E-state index contributed by atoms with van der Waals surface area (Å²) in [7, 11) is 0. The molecule has 0 aromatic carbocycles. The molecule has 1 aliphatic carbocycles. The van der Waals surface area contributed by atoms with Crippen molar-refractivity contribution >= 4 is 35.5 Å². The normalized spacial score (nSPS) is 18.3. The quantitative estimate of drug-likeness (QED) is 0.672. The molecule has 0 heterocycles. The molecule has 0 amide bonds. The van der Waals surface area contributed by atoms with E-state index in [2.05, 4.69) is 0 Å². The summed E-state index contributed by atoms with van der Waals surface area (Å²) in [5.74, 6) is 0.0652. The Labute approximate surface area is 96.0 Å². The Morgan fingerprint density at radius 2 is 1.83 bits per heavy atom. The Morgan fingerprint density at radius 3 is 2.33 bits per heavy atom. The molecule has 66 valence electrons. The number of carboxylic acid groups (broad SMARTS) is 1. The third kappa shape index (κ3) is 5.18. The summed E-state index contributed by atoms with van der Waals surface area (Å²) in [4.78, 5) is 10.2. The van der Waals surface area contributed by atoms with Gasteiger partial charge in [-0.2, -0.15) is 0 Å². The zero-order valence-corrected chi connectivity index (χ0v) is 6.88. The van der Waals surface area contributed by atoms with Gasteiger partial charge in [-0.05, 0) is 12.3 Å². The standard InChI is InChI=1S/C9H16O2.Na.H/c10-9(11)7-6-8-4-2-1-3-5-8;;/h8H,1-7H2,(H,10,11);;. The molecule has 1 rings (SSSR count). The van der Waals surface area contributed by atoms with E-state index < -0.39 is 5.97 Å². The van der Waals surface area contributed by atoms with Crippen LogP contribution in [-0.4, -0.2) is 40.6 Å². The topological polar surface area (TPSA) is 37.3 Å². The van der Waals surface area contributed by atoms with Crippen LogP contribution in [0, 0.1) is 5.92 Å². The molecule has 0 unspecified atom stereocenters. The van der Waals surface area contributed by atoms with E-state index in [1.807, 2.05) is 0 Å². The van der Waals surface area contributed by atoms with Crippen molar-refractivity contribution in [3.8, 4) is 0 Å². The Balaban J connectivity index is 0.00000121. The van der Waals surface area contributed by atoms with Crippen molar-refractivity contribution in [3.05, 3.63) is 0 Å². The molecular weight excluding hydrogens is 163 g/mol. The van der Waals surface area contributed by atoms with Crippen LogP contribution in [0.3, 0.4) is 0 Å². The van der Waals surface area contributed by atoms with Gasteiger partial charge in [0.05, 0.1) is 0 Å². The van der Waals surface area contributed by atoms with E-state index in [9.17, 15) is 4.79 Å². The maximum atomic E-state index is 10.2. The fraction of sp³-hybridized carbons (Fsp3) is 0.889. The van der Waals surface area contributed by atoms with E-state index in [1.165, 1.54) is 32.1 Å². The molecule has 1 aliphatic rings. The van der Waals surface area contributed by atoms with E-state index in [-0.39, 0.29) is 29.6 Å². The van der Waals surface area contributed by atoms with Gasteiger partial charge in [0.25, 0.3) is 0 Å². The second kappa shape index (κ2) is 6.93. The average Bonchev–Trinajstić information content (AvgIpc) is 2.03. The fourth-order valence-electron chi connectivity index (χ4n) is 1.80. The van der Waals surface area contributed by atoms with Crippen molar-refractivity contribution in [3.63, 3.8) is 0 Å². The molecule has 1 N–H and O–H groups in total. The number of aliphatic carboxylic acids is 1. The predicted molar refractivity (Wildman–Crippen MR) is 50.6 cm³/mol. The van der Waals surface area contributed by atoms with Gasteiger partial charge in [-0.3, -0.25) is 4.79 Å². The van der Waals surface area contributed by atoms with E-state index >= 15 is 0 Å². The summed E-state index contributed by atoms with van der Waals surface area (Å²) in [6, 6.07) is 0. The van der Waals surface area contributed by atoms with Crippen LogP contribution in [0.25, 0.3) is 0 Å². The summed E-state index contributed by atoms with van der Waals surface area (Å²) < 4.78 is 0. The van der Waals surface area contributed by atoms with E-state index in [0.29, 0.717) is 12.3 Å². The summed E-state index contributed by atoms with van der Waals surface area (Å²) in [5.41, 5.74) is 0. The van der Waals surface area contributed by atoms with Crippen LogP contribution in [-0.2, 0) is 4.79 Å². The summed E-state index contributed by atoms with van der Waals surface area (Å²) in [6.07, 6.45) is 7.75. The number of carbonyl (C=O) groups is 1. The van der Waals surface area contributed by atoms with Crippen molar-refractivity contribution in [1.29, 1.82) is 0 Å². The minimum atomic E-state index is -0.643. The molecule has 0 aromatic heterocycles. The Morgan fingerprint density at radius 1 is 1.25 bits per heavy atom. The van der Waals surface area contributed by atoms with E-state index in [0.717, 1.165) is 6.42 Å². The van der Waals surface area contributed by atoms with Gasteiger partial charge < -0.3 is 5.11 Å². The summed E-state index contributed by atoms with van der Waals surface area (Å²) >= 11 is 0. The predicted octanol–water partition coefficient (Wildman–Crippen LogP) is 1.78. The van der Waals surface area contributed by atoms with Crippen LogP contribution in [0.2, 0.25) is 0 Å². The van der Waals surface area contributed by atoms with Gasteiger partial charge in [-0.1, -0.05) is 32.1 Å². The summed E-state index contributed by atoms with van der Waals surface area (Å²) in [6.45, 7) is 0. The molecule has 0 saturated heterocycles. The van der Waals surface area contributed by atoms with Gasteiger partial charge in [0.2, 0.25) is 0 Å². The van der Waals surface area contributed by atoms with Crippen LogP contribution >= 0.6 is 0 Å². The molecular formula is C9H17NaO2. The molecule has 2 nitrogen and oxygen atoms in total. The second-order valence-electron chi connectivity index (χ2n) is 3.44. The Hall–Kier alpha value is 0.470. The molecule has 1 fully saturated rings. The molecule has 0 atom stereocenters. The zero-order valence-electron chi connectivity index (χ0n) is 6.88. The molecule has 0 spiro atoms. The van der Waals surface area contributed by atoms with Crippen molar-refractivity contribution in [1.82, 2.24) is 0 Å².